The first kappa shape index (κ1) is 18.3. The maximum absolute atomic E-state index is 12.3. The van der Waals surface area contributed by atoms with Gasteiger partial charge in [-0.2, -0.15) is 0 Å². The fourth-order valence-electron chi connectivity index (χ4n) is 1.74. The standard InChI is InChI=1S/C16H20N4O2S2/c1-4-10-17-15-19-20-16(24-15)23-11(3)14(21)18-12-6-8-13(9-7-12)22-5-2/h4,6-9,11H,1,5,10H2,2-3H3,(H,17,19)(H,18,21). The number of anilines is 2. The molecular formula is C16H20N4O2S2. The number of rotatable bonds is 9. The summed E-state index contributed by atoms with van der Waals surface area (Å²) in [6.45, 7) is 8.66. The van der Waals surface area contributed by atoms with Crippen LogP contribution in [0.15, 0.2) is 41.3 Å². The van der Waals surface area contributed by atoms with Crippen LogP contribution < -0.4 is 15.4 Å². The summed E-state index contributed by atoms with van der Waals surface area (Å²) in [5.74, 6) is 0.700. The SMILES string of the molecule is C=CCNc1nnc(SC(C)C(=O)Nc2ccc(OCC)cc2)s1. The minimum absolute atomic E-state index is 0.0834. The van der Waals surface area contributed by atoms with Crippen molar-refractivity contribution in [3.8, 4) is 5.75 Å². The fraction of sp³-hybridized carbons (Fsp3) is 0.312. The number of nitrogens with zero attached hydrogens (tertiary/aromatic N) is 2. The Balaban J connectivity index is 1.87. The van der Waals surface area contributed by atoms with E-state index in [9.17, 15) is 4.79 Å². The highest BCUT2D eigenvalue weighted by atomic mass is 32.2. The number of nitrogens with one attached hydrogen (secondary N) is 2. The molecule has 0 aliphatic heterocycles. The maximum atomic E-state index is 12.3. The summed E-state index contributed by atoms with van der Waals surface area (Å²) in [5.41, 5.74) is 0.738. The van der Waals surface area contributed by atoms with Crippen molar-refractivity contribution in [2.75, 3.05) is 23.8 Å². The number of hydrogen-bond acceptors (Lipinski definition) is 7. The second-order valence-corrected chi connectivity index (χ2v) is 7.31. The van der Waals surface area contributed by atoms with Crippen LogP contribution in [-0.4, -0.2) is 34.5 Å². The lowest BCUT2D eigenvalue weighted by Crippen LogP contribution is -2.22. The summed E-state index contributed by atoms with van der Waals surface area (Å²) in [7, 11) is 0. The molecule has 6 nitrogen and oxygen atoms in total. The van der Waals surface area contributed by atoms with Crippen molar-refractivity contribution < 1.29 is 9.53 Å². The predicted molar refractivity (Wildman–Crippen MR) is 100 cm³/mol. The third-order valence-corrected chi connectivity index (χ3v) is 4.95. The van der Waals surface area contributed by atoms with Gasteiger partial charge in [0.2, 0.25) is 11.0 Å². The highest BCUT2D eigenvalue weighted by Gasteiger charge is 2.17. The highest BCUT2D eigenvalue weighted by molar-refractivity contribution is 8.02. The number of thioether (sulfide) groups is 1. The number of carbonyl (C=O) groups excluding carboxylic acids is 1. The third kappa shape index (κ3) is 5.54. The van der Waals surface area contributed by atoms with E-state index in [0.717, 1.165) is 20.9 Å². The van der Waals surface area contributed by atoms with Crippen molar-refractivity contribution in [2.24, 2.45) is 0 Å². The Hall–Kier alpha value is -2.06. The van der Waals surface area contributed by atoms with Crippen molar-refractivity contribution in [3.63, 3.8) is 0 Å². The van der Waals surface area contributed by atoms with E-state index >= 15 is 0 Å². The molecule has 0 aliphatic rings. The fourth-order valence-corrected chi connectivity index (χ4v) is 3.64. The minimum Gasteiger partial charge on any atom is -0.494 e. The van der Waals surface area contributed by atoms with Crippen LogP contribution in [0, 0.1) is 0 Å². The predicted octanol–water partition coefficient (Wildman–Crippen LogP) is 3.65. The average molecular weight is 364 g/mol. The molecule has 2 aromatic rings. The lowest BCUT2D eigenvalue weighted by molar-refractivity contribution is -0.115. The zero-order valence-electron chi connectivity index (χ0n) is 13.6. The van der Waals surface area contributed by atoms with Gasteiger partial charge in [-0.25, -0.2) is 0 Å². The molecule has 1 aromatic heterocycles. The van der Waals surface area contributed by atoms with E-state index < -0.39 is 0 Å². The minimum atomic E-state index is -0.281. The lowest BCUT2D eigenvalue weighted by Gasteiger charge is -2.11. The molecule has 1 heterocycles. The Labute approximate surface area is 149 Å². The van der Waals surface area contributed by atoms with Gasteiger partial charge >= 0.3 is 0 Å². The van der Waals surface area contributed by atoms with Gasteiger partial charge in [-0.1, -0.05) is 29.2 Å². The van der Waals surface area contributed by atoms with Crippen molar-refractivity contribution in [3.05, 3.63) is 36.9 Å². The van der Waals surface area contributed by atoms with Crippen molar-refractivity contribution in [2.45, 2.75) is 23.4 Å². The van der Waals surface area contributed by atoms with Crippen LogP contribution >= 0.6 is 23.1 Å². The van der Waals surface area contributed by atoms with Crippen LogP contribution in [0.3, 0.4) is 0 Å². The number of hydrogen-bond donors (Lipinski definition) is 2. The van der Waals surface area contributed by atoms with Crippen LogP contribution in [-0.2, 0) is 4.79 Å². The van der Waals surface area contributed by atoms with E-state index in [0.29, 0.717) is 13.2 Å². The molecule has 0 aliphatic carbocycles. The normalized spacial score (nSPS) is 11.6. The van der Waals surface area contributed by atoms with E-state index in [2.05, 4.69) is 27.4 Å². The molecular weight excluding hydrogens is 344 g/mol. The first-order chi connectivity index (χ1) is 11.6. The molecule has 1 amide bonds. The van der Waals surface area contributed by atoms with Gasteiger partial charge in [-0.15, -0.1) is 16.8 Å². The maximum Gasteiger partial charge on any atom is 0.237 e. The van der Waals surface area contributed by atoms with Gasteiger partial charge in [0.25, 0.3) is 0 Å². The Kier molecular flexibility index (Phi) is 7.07. The smallest absolute Gasteiger partial charge is 0.237 e. The van der Waals surface area contributed by atoms with Gasteiger partial charge in [-0.05, 0) is 38.1 Å². The molecule has 24 heavy (non-hydrogen) atoms. The average Bonchev–Trinajstić information content (AvgIpc) is 3.02. The molecule has 1 aromatic carbocycles. The topological polar surface area (TPSA) is 76.1 Å². The van der Waals surface area contributed by atoms with Crippen LogP contribution in [0.4, 0.5) is 10.8 Å². The first-order valence-corrected chi connectivity index (χ1v) is 9.20. The van der Waals surface area contributed by atoms with Gasteiger partial charge in [-0.3, -0.25) is 4.79 Å². The van der Waals surface area contributed by atoms with Crippen LogP contribution in [0.25, 0.3) is 0 Å². The van der Waals surface area contributed by atoms with Crippen LogP contribution in [0.2, 0.25) is 0 Å². The second-order valence-electron chi connectivity index (χ2n) is 4.75. The zero-order chi connectivity index (χ0) is 17.4. The zero-order valence-corrected chi connectivity index (χ0v) is 15.2. The molecule has 8 heteroatoms. The Morgan fingerprint density at radius 2 is 2.17 bits per heavy atom. The van der Waals surface area contributed by atoms with Crippen molar-refractivity contribution in [1.82, 2.24) is 10.2 Å². The number of amides is 1. The molecule has 128 valence electrons. The molecule has 0 spiro atoms. The van der Waals surface area contributed by atoms with E-state index in [1.54, 1.807) is 6.08 Å². The summed E-state index contributed by atoms with van der Waals surface area (Å²) in [4.78, 5) is 12.3. The molecule has 2 rings (SSSR count). The Bertz CT molecular complexity index is 673. The lowest BCUT2D eigenvalue weighted by atomic mass is 10.3. The van der Waals surface area contributed by atoms with Crippen LogP contribution in [0.1, 0.15) is 13.8 Å². The highest BCUT2D eigenvalue weighted by Crippen LogP contribution is 2.29. The summed E-state index contributed by atoms with van der Waals surface area (Å²) in [6.07, 6.45) is 1.75. The van der Waals surface area contributed by atoms with Crippen LogP contribution in [0.5, 0.6) is 5.75 Å². The van der Waals surface area contributed by atoms with Gasteiger partial charge in [0.05, 0.1) is 11.9 Å². The van der Waals surface area contributed by atoms with E-state index in [1.807, 2.05) is 38.1 Å². The molecule has 0 saturated carbocycles. The molecule has 0 bridgehead atoms. The van der Waals surface area contributed by atoms with Gasteiger partial charge in [0, 0.05) is 12.2 Å². The number of carbonyl (C=O) groups is 1. The quantitative estimate of drug-likeness (QED) is 0.522. The summed E-state index contributed by atoms with van der Waals surface area (Å²) in [5, 5.41) is 14.5. The monoisotopic (exact) mass is 364 g/mol. The largest absolute Gasteiger partial charge is 0.494 e. The number of ether oxygens (including phenoxy) is 1. The molecule has 0 saturated heterocycles. The molecule has 1 atom stereocenters. The van der Waals surface area contributed by atoms with E-state index in [-0.39, 0.29) is 11.2 Å². The summed E-state index contributed by atoms with van der Waals surface area (Å²) < 4.78 is 6.13. The second kappa shape index (κ2) is 9.29. The van der Waals surface area contributed by atoms with Gasteiger partial charge in [0.15, 0.2) is 4.34 Å². The summed E-state index contributed by atoms with van der Waals surface area (Å²) in [6, 6.07) is 7.31. The molecule has 0 radical (unpaired) electrons. The third-order valence-electron chi connectivity index (χ3n) is 2.88. The Morgan fingerprint density at radius 3 is 2.83 bits per heavy atom. The number of aromatic nitrogens is 2. The van der Waals surface area contributed by atoms with E-state index in [4.69, 9.17) is 4.74 Å². The number of benzene rings is 1. The van der Waals surface area contributed by atoms with E-state index in [1.165, 1.54) is 23.1 Å². The summed E-state index contributed by atoms with van der Waals surface area (Å²) >= 11 is 2.80. The first-order valence-electron chi connectivity index (χ1n) is 7.51. The van der Waals surface area contributed by atoms with Gasteiger partial charge in [0.1, 0.15) is 5.75 Å². The molecule has 0 fully saturated rings. The van der Waals surface area contributed by atoms with Crippen molar-refractivity contribution >= 4 is 39.8 Å². The Morgan fingerprint density at radius 1 is 1.42 bits per heavy atom. The molecule has 2 N–H and O–H groups in total. The molecule has 1 unspecified atom stereocenters. The van der Waals surface area contributed by atoms with Gasteiger partial charge < -0.3 is 15.4 Å². The van der Waals surface area contributed by atoms with Crippen molar-refractivity contribution in [1.29, 1.82) is 0 Å².